The van der Waals surface area contributed by atoms with Crippen molar-refractivity contribution in [2.45, 2.75) is 40.3 Å². The predicted molar refractivity (Wildman–Crippen MR) is 186 cm³/mol. The van der Waals surface area contributed by atoms with E-state index in [2.05, 4.69) is 20.7 Å². The molecule has 0 fully saturated rings. The Balaban J connectivity index is 1.37. The number of aliphatic carboxylic acids is 1. The number of H-pyrrole nitrogens is 1. The summed E-state index contributed by atoms with van der Waals surface area (Å²) in [5.74, 6) is -2.25. The second-order valence-corrected chi connectivity index (χ2v) is 13.7. The molecular formula is C34H41FN5O10P. The number of hydrogen-bond acceptors (Lipinski definition) is 9. The van der Waals surface area contributed by atoms with Gasteiger partial charge in [-0.3, -0.25) is 18.9 Å². The molecular weight excluding hydrogens is 688 g/mol. The number of carbonyl (C=O) groups excluding carboxylic acids is 3. The van der Waals surface area contributed by atoms with Crippen LogP contribution in [0, 0.1) is 19.7 Å². The lowest BCUT2D eigenvalue weighted by molar-refractivity contribution is -0.138. The van der Waals surface area contributed by atoms with Crippen molar-refractivity contribution in [3.63, 3.8) is 0 Å². The van der Waals surface area contributed by atoms with Gasteiger partial charge in [-0.05, 0) is 75.2 Å². The van der Waals surface area contributed by atoms with E-state index < -0.39 is 37.8 Å². The zero-order valence-corrected chi connectivity index (χ0v) is 29.9. The largest absolute Gasteiger partial charge is 0.493 e. The summed E-state index contributed by atoms with van der Waals surface area (Å²) in [4.78, 5) is 54.6. The second-order valence-electron chi connectivity index (χ2n) is 11.6. The number of halogens is 1. The Morgan fingerprint density at radius 3 is 2.53 bits per heavy atom. The third kappa shape index (κ3) is 9.34. The number of nitrogens with one attached hydrogen (secondary N) is 4. The number of aryl methyl sites for hydroxylation is 1. The van der Waals surface area contributed by atoms with Crippen LogP contribution in [0.2, 0.25) is 0 Å². The molecule has 4 rings (SSSR count). The highest BCUT2D eigenvalue weighted by Crippen LogP contribution is 2.46. The van der Waals surface area contributed by atoms with Crippen LogP contribution in [-0.2, 0) is 30.2 Å². The molecule has 0 bridgehead atoms. The number of ether oxygens (including phenoxy) is 3. The molecule has 2 atom stereocenters. The van der Waals surface area contributed by atoms with E-state index in [1.54, 1.807) is 32.9 Å². The van der Waals surface area contributed by atoms with Crippen molar-refractivity contribution >= 4 is 48.7 Å². The molecule has 0 saturated carbocycles. The summed E-state index contributed by atoms with van der Waals surface area (Å²) in [5.41, 5.74) is 3.73. The van der Waals surface area contributed by atoms with Crippen LogP contribution in [0.1, 0.15) is 52.3 Å². The van der Waals surface area contributed by atoms with Crippen LogP contribution in [-0.4, -0.2) is 85.1 Å². The number of aromatic nitrogens is 1. The lowest BCUT2D eigenvalue weighted by Gasteiger charge is -2.23. The van der Waals surface area contributed by atoms with E-state index in [0.29, 0.717) is 39.3 Å². The highest BCUT2D eigenvalue weighted by molar-refractivity contribution is 7.57. The molecule has 0 spiro atoms. The molecule has 17 heteroatoms. The van der Waals surface area contributed by atoms with Gasteiger partial charge in [0.1, 0.15) is 24.8 Å². The molecule has 0 aliphatic carbocycles. The number of rotatable bonds is 16. The first-order valence-corrected chi connectivity index (χ1v) is 17.7. The van der Waals surface area contributed by atoms with Gasteiger partial charge in [0.15, 0.2) is 11.5 Å². The molecule has 5 N–H and O–H groups in total. The van der Waals surface area contributed by atoms with Crippen LogP contribution in [0.5, 0.6) is 11.5 Å². The van der Waals surface area contributed by atoms with Gasteiger partial charge >= 0.3 is 19.6 Å². The van der Waals surface area contributed by atoms with E-state index in [1.807, 2.05) is 0 Å². The van der Waals surface area contributed by atoms with Crippen molar-refractivity contribution in [2.75, 3.05) is 45.5 Å². The van der Waals surface area contributed by atoms with E-state index in [9.17, 15) is 33.2 Å². The molecule has 0 saturated heterocycles. The lowest BCUT2D eigenvalue weighted by atomic mass is 10.0. The standard InChI is InChI=1S/C34H41FN5O10P/c1-7-40(34(45)49-17-22-8-11-28(48-6)29(14-22)50-51(46,18-47-5)39-21(4)33(43)44)13-12-36-32(42)30-19(2)27(37-20(30)3)16-25-24-15-23(35)9-10-26(24)38-31(25)41/h8-11,14-16,21,37H,7,12-13,17-18H2,1-6H3,(H,36,42)(H,38,41)(H,39,46)(H,43,44)/b25-16-. The third-order valence-electron chi connectivity index (χ3n) is 7.96. The molecule has 3 amide bonds. The first-order chi connectivity index (χ1) is 24.2. The van der Waals surface area contributed by atoms with E-state index in [1.165, 1.54) is 56.4 Å². The molecule has 3 aromatic rings. The van der Waals surface area contributed by atoms with Gasteiger partial charge in [0.2, 0.25) is 0 Å². The molecule has 274 valence electrons. The summed E-state index contributed by atoms with van der Waals surface area (Å²) in [6.07, 6.45) is 0.510. The maximum absolute atomic E-state index is 13.9. The smallest absolute Gasteiger partial charge is 0.410 e. The SMILES string of the molecule is CCN(CCNC(=O)c1c(C)[nH]c(/C=C2\C(=O)Nc3ccc(F)cc32)c1C)C(=O)OCc1ccc(OC)c(OP(=O)(COC)NC(C)C(=O)O)c1. The number of anilines is 1. The average molecular weight is 730 g/mol. The number of aromatic amines is 1. The first-order valence-electron chi connectivity index (χ1n) is 15.9. The van der Waals surface area contributed by atoms with E-state index in [0.717, 1.165) is 0 Å². The fourth-order valence-electron chi connectivity index (χ4n) is 5.37. The molecule has 15 nitrogen and oxygen atoms in total. The van der Waals surface area contributed by atoms with E-state index in [4.69, 9.17) is 18.7 Å². The summed E-state index contributed by atoms with van der Waals surface area (Å²) in [7, 11) is -1.19. The van der Waals surface area contributed by atoms with Crippen molar-refractivity contribution in [1.29, 1.82) is 0 Å². The first kappa shape index (κ1) is 38.6. The van der Waals surface area contributed by atoms with Gasteiger partial charge in [0.05, 0.1) is 18.2 Å². The summed E-state index contributed by atoms with van der Waals surface area (Å²) < 4.78 is 48.7. The van der Waals surface area contributed by atoms with Crippen LogP contribution in [0.15, 0.2) is 36.4 Å². The Bertz CT molecular complexity index is 1890. The number of amides is 3. The van der Waals surface area contributed by atoms with Gasteiger partial charge in [-0.2, -0.15) is 0 Å². The quantitative estimate of drug-likeness (QED) is 0.0994. The number of carboxylic acids is 1. The molecule has 51 heavy (non-hydrogen) atoms. The van der Waals surface area contributed by atoms with Gasteiger partial charge in [0.25, 0.3) is 11.8 Å². The zero-order chi connectivity index (χ0) is 37.5. The maximum atomic E-state index is 13.9. The Hall–Kier alpha value is -5.18. The number of hydrogen-bond donors (Lipinski definition) is 5. The van der Waals surface area contributed by atoms with Crippen molar-refractivity contribution in [1.82, 2.24) is 20.3 Å². The Morgan fingerprint density at radius 2 is 1.86 bits per heavy atom. The zero-order valence-electron chi connectivity index (χ0n) is 29.0. The Morgan fingerprint density at radius 1 is 1.12 bits per heavy atom. The molecule has 1 aliphatic heterocycles. The number of nitrogens with zero attached hydrogens (tertiary/aromatic N) is 1. The molecule has 2 aromatic carbocycles. The topological polar surface area (TPSA) is 198 Å². The summed E-state index contributed by atoms with van der Waals surface area (Å²) in [6.45, 7) is 6.85. The highest BCUT2D eigenvalue weighted by atomic mass is 31.2. The number of carboxylic acid groups (broad SMARTS) is 1. The minimum atomic E-state index is -3.86. The van der Waals surface area contributed by atoms with Gasteiger partial charge in [-0.15, -0.1) is 0 Å². The van der Waals surface area contributed by atoms with Gasteiger partial charge in [-0.1, -0.05) is 6.07 Å². The fraction of sp³-hybridized carbons (Fsp3) is 0.353. The number of carbonyl (C=O) groups is 4. The predicted octanol–water partition coefficient (Wildman–Crippen LogP) is 4.90. The number of likely N-dealkylation sites (N-methyl/N-ethyl adjacent to an activating group) is 1. The lowest BCUT2D eigenvalue weighted by Crippen LogP contribution is -2.38. The summed E-state index contributed by atoms with van der Waals surface area (Å²) in [5, 5.41) is 17.2. The van der Waals surface area contributed by atoms with Crippen molar-refractivity contribution in [3.8, 4) is 11.5 Å². The number of benzene rings is 2. The highest BCUT2D eigenvalue weighted by Gasteiger charge is 2.31. The third-order valence-corrected chi connectivity index (χ3v) is 9.83. The van der Waals surface area contributed by atoms with Crippen molar-refractivity contribution in [2.24, 2.45) is 0 Å². The van der Waals surface area contributed by atoms with Crippen LogP contribution in [0.3, 0.4) is 0 Å². The van der Waals surface area contributed by atoms with Crippen LogP contribution in [0.4, 0.5) is 14.9 Å². The van der Waals surface area contributed by atoms with Crippen LogP contribution < -0.4 is 25.0 Å². The van der Waals surface area contributed by atoms with E-state index >= 15 is 0 Å². The minimum absolute atomic E-state index is 0.0199. The van der Waals surface area contributed by atoms with Gasteiger partial charge < -0.3 is 44.4 Å². The number of fused-ring (bicyclic) bond motifs is 1. The van der Waals surface area contributed by atoms with Crippen molar-refractivity contribution in [3.05, 3.63) is 75.9 Å². The summed E-state index contributed by atoms with van der Waals surface area (Å²) in [6, 6.07) is 7.43. The van der Waals surface area contributed by atoms with Crippen LogP contribution in [0.25, 0.3) is 11.6 Å². The Labute approximate surface area is 294 Å². The minimum Gasteiger partial charge on any atom is -0.493 e. The van der Waals surface area contributed by atoms with Crippen molar-refractivity contribution < 1.29 is 52.0 Å². The molecule has 1 aliphatic rings. The average Bonchev–Trinajstić information content (AvgIpc) is 3.54. The van der Waals surface area contributed by atoms with E-state index in [-0.39, 0.29) is 55.1 Å². The van der Waals surface area contributed by atoms with Gasteiger partial charge in [-0.25, -0.2) is 14.3 Å². The number of methoxy groups -OCH3 is 2. The maximum Gasteiger partial charge on any atom is 0.410 e. The molecule has 1 aromatic heterocycles. The van der Waals surface area contributed by atoms with Crippen LogP contribution >= 0.6 is 7.52 Å². The normalized spacial score (nSPS) is 14.6. The second kappa shape index (κ2) is 16.7. The monoisotopic (exact) mass is 729 g/mol. The summed E-state index contributed by atoms with van der Waals surface area (Å²) >= 11 is 0. The van der Waals surface area contributed by atoms with Gasteiger partial charge in [0, 0.05) is 49.4 Å². The fourth-order valence-corrected chi connectivity index (χ4v) is 7.05. The Kier molecular flexibility index (Phi) is 12.6. The molecule has 2 unspecified atom stereocenters. The molecule has 2 heterocycles. The molecule has 0 radical (unpaired) electrons.